The molecule has 0 bridgehead atoms. The Morgan fingerprint density at radius 2 is 1.89 bits per heavy atom. The Balaban J connectivity index is 1.56. The summed E-state index contributed by atoms with van der Waals surface area (Å²) < 4.78 is 38.4. The summed E-state index contributed by atoms with van der Waals surface area (Å²) in [5, 5.41) is 3.01. The van der Waals surface area contributed by atoms with E-state index in [0.29, 0.717) is 57.4 Å². The molecule has 0 unspecified atom stereocenters. The third kappa shape index (κ3) is 4.95. The molecule has 3 rings (SSSR count). The number of ether oxygens (including phenoxy) is 2. The highest BCUT2D eigenvalue weighted by atomic mass is 32.2. The van der Waals surface area contributed by atoms with Crippen LogP contribution in [-0.2, 0) is 14.8 Å². The molecular weight excluding hydrogens is 382 g/mol. The summed E-state index contributed by atoms with van der Waals surface area (Å²) in [5.41, 5.74) is 0. The van der Waals surface area contributed by atoms with Crippen molar-refractivity contribution in [2.75, 3.05) is 45.9 Å². The van der Waals surface area contributed by atoms with E-state index in [9.17, 15) is 13.2 Å². The van der Waals surface area contributed by atoms with Crippen LogP contribution in [0.4, 0.5) is 0 Å². The van der Waals surface area contributed by atoms with Crippen LogP contribution in [0, 0.1) is 0 Å². The molecule has 8 nitrogen and oxygen atoms in total. The Labute approximate surface area is 166 Å². The van der Waals surface area contributed by atoms with E-state index in [-0.39, 0.29) is 16.8 Å². The lowest BCUT2D eigenvalue weighted by atomic mass is 10.2. The summed E-state index contributed by atoms with van der Waals surface area (Å²) >= 11 is 0. The van der Waals surface area contributed by atoms with Gasteiger partial charge in [0.1, 0.15) is 13.2 Å². The highest BCUT2D eigenvalue weighted by Gasteiger charge is 2.32. The first-order chi connectivity index (χ1) is 13.4. The normalized spacial score (nSPS) is 19.2. The van der Waals surface area contributed by atoms with E-state index in [1.807, 2.05) is 6.92 Å². The second kappa shape index (κ2) is 9.11. The topological polar surface area (TPSA) is 89.4 Å². The van der Waals surface area contributed by atoms with E-state index in [1.54, 1.807) is 12.1 Å². The first kappa shape index (κ1) is 20.9. The van der Waals surface area contributed by atoms with Gasteiger partial charge >= 0.3 is 0 Å². The monoisotopic (exact) mass is 412 g/mol. The van der Waals surface area contributed by atoms with Crippen molar-refractivity contribution in [3.8, 4) is 11.5 Å². The Hall–Kier alpha value is -1.84. The summed E-state index contributed by atoms with van der Waals surface area (Å²) in [6.45, 7) is 7.37. The molecular formula is C19H30N3O5S+. The van der Waals surface area contributed by atoms with Gasteiger partial charge < -0.3 is 19.7 Å². The number of carbonyl (C=O) groups is 1. The van der Waals surface area contributed by atoms with Crippen LogP contribution in [-0.4, -0.2) is 70.6 Å². The molecule has 1 atom stereocenters. The van der Waals surface area contributed by atoms with Crippen molar-refractivity contribution in [2.45, 2.75) is 37.6 Å². The minimum absolute atomic E-state index is 0.0269. The van der Waals surface area contributed by atoms with Crippen LogP contribution in [0.2, 0.25) is 0 Å². The number of nitrogens with zero attached hydrogens (tertiary/aromatic N) is 1. The van der Waals surface area contributed by atoms with Gasteiger partial charge in [0.05, 0.1) is 31.1 Å². The fraction of sp³-hybridized carbons (Fsp3) is 0.632. The predicted molar refractivity (Wildman–Crippen MR) is 104 cm³/mol. The number of piperazine rings is 1. The average molecular weight is 413 g/mol. The van der Waals surface area contributed by atoms with Gasteiger partial charge in [0.25, 0.3) is 5.91 Å². The van der Waals surface area contributed by atoms with Gasteiger partial charge in [-0.1, -0.05) is 13.3 Å². The van der Waals surface area contributed by atoms with Crippen molar-refractivity contribution >= 4 is 15.9 Å². The smallest absolute Gasteiger partial charge is 0.275 e. The molecule has 1 aromatic rings. The second-order valence-corrected chi connectivity index (χ2v) is 9.33. The quantitative estimate of drug-likeness (QED) is 0.639. The van der Waals surface area contributed by atoms with Gasteiger partial charge in [-0.05, 0) is 25.5 Å². The maximum Gasteiger partial charge on any atom is 0.275 e. The lowest BCUT2D eigenvalue weighted by Gasteiger charge is -2.31. The fourth-order valence-electron chi connectivity index (χ4n) is 3.61. The number of rotatable bonds is 7. The van der Waals surface area contributed by atoms with Crippen molar-refractivity contribution in [2.24, 2.45) is 0 Å². The minimum Gasteiger partial charge on any atom is -0.486 e. The van der Waals surface area contributed by atoms with Crippen molar-refractivity contribution in [3.05, 3.63) is 18.2 Å². The number of hydrogen-bond acceptors (Lipinski definition) is 5. The fourth-order valence-corrected chi connectivity index (χ4v) is 5.07. The molecule has 2 aliphatic rings. The molecule has 0 radical (unpaired) electrons. The third-order valence-electron chi connectivity index (χ3n) is 5.12. The van der Waals surface area contributed by atoms with Crippen molar-refractivity contribution in [1.82, 2.24) is 9.62 Å². The number of fused-ring (bicyclic) bond motifs is 1. The lowest BCUT2D eigenvalue weighted by Crippen LogP contribution is -3.15. The first-order valence-corrected chi connectivity index (χ1v) is 11.4. The number of hydrogen-bond donors (Lipinski definition) is 2. The average Bonchev–Trinajstić information content (AvgIpc) is 2.68. The zero-order chi connectivity index (χ0) is 20.1. The second-order valence-electron chi connectivity index (χ2n) is 7.39. The minimum atomic E-state index is -3.59. The molecule has 0 aromatic heterocycles. The standard InChI is InChI=1S/C19H29N3O5S/c1-3-4-15(2)20-19(23)14-21-7-9-22(10-8-21)28(24,25)16-5-6-17-18(13-16)27-12-11-26-17/h5-6,13,15H,3-4,7-12,14H2,1-2H3,(H,20,23)/p+1/t15-/m0/s1. The number of amides is 1. The molecule has 0 saturated carbocycles. The molecule has 1 fully saturated rings. The van der Waals surface area contributed by atoms with Crippen molar-refractivity contribution < 1.29 is 27.6 Å². The molecule has 2 N–H and O–H groups in total. The van der Waals surface area contributed by atoms with Gasteiger partial charge in [0.2, 0.25) is 10.0 Å². The van der Waals surface area contributed by atoms with Gasteiger partial charge in [-0.15, -0.1) is 0 Å². The molecule has 156 valence electrons. The van der Waals surface area contributed by atoms with E-state index >= 15 is 0 Å². The maximum absolute atomic E-state index is 13.0. The molecule has 1 saturated heterocycles. The highest BCUT2D eigenvalue weighted by molar-refractivity contribution is 7.89. The predicted octanol–water partition coefficient (Wildman–Crippen LogP) is -0.348. The number of quaternary nitrogens is 1. The van der Waals surface area contributed by atoms with Crippen LogP contribution >= 0.6 is 0 Å². The molecule has 0 aliphatic carbocycles. The zero-order valence-electron chi connectivity index (χ0n) is 16.6. The highest BCUT2D eigenvalue weighted by Crippen LogP contribution is 2.33. The van der Waals surface area contributed by atoms with Crippen molar-refractivity contribution in [3.63, 3.8) is 0 Å². The van der Waals surface area contributed by atoms with E-state index in [2.05, 4.69) is 12.2 Å². The lowest BCUT2D eigenvalue weighted by molar-refractivity contribution is -0.895. The molecule has 9 heteroatoms. The Morgan fingerprint density at radius 3 is 2.57 bits per heavy atom. The van der Waals surface area contributed by atoms with E-state index < -0.39 is 10.0 Å². The number of benzene rings is 1. The number of sulfonamides is 1. The van der Waals surface area contributed by atoms with Gasteiger partial charge in [-0.25, -0.2) is 8.42 Å². The molecule has 1 aromatic carbocycles. The molecule has 1 amide bonds. The van der Waals surface area contributed by atoms with Gasteiger partial charge in [0.15, 0.2) is 18.0 Å². The molecule has 28 heavy (non-hydrogen) atoms. The van der Waals surface area contributed by atoms with E-state index in [0.717, 1.165) is 17.7 Å². The van der Waals surface area contributed by atoms with Crippen LogP contribution in [0.1, 0.15) is 26.7 Å². The van der Waals surface area contributed by atoms with Crippen LogP contribution in [0.5, 0.6) is 11.5 Å². The molecule has 2 heterocycles. The van der Waals surface area contributed by atoms with Gasteiger partial charge in [0, 0.05) is 12.1 Å². The first-order valence-electron chi connectivity index (χ1n) is 9.93. The Kier molecular flexibility index (Phi) is 6.79. The number of nitrogens with one attached hydrogen (secondary N) is 2. The van der Waals surface area contributed by atoms with Crippen LogP contribution < -0.4 is 19.7 Å². The number of carbonyl (C=O) groups excluding carboxylic acids is 1. The summed E-state index contributed by atoms with van der Waals surface area (Å²) in [4.78, 5) is 13.5. The Bertz CT molecular complexity index is 791. The van der Waals surface area contributed by atoms with Gasteiger partial charge in [-0.3, -0.25) is 4.79 Å². The summed E-state index contributed by atoms with van der Waals surface area (Å²) in [6, 6.07) is 4.91. The SMILES string of the molecule is CCC[C@H](C)NC(=O)C[NH+]1CCN(S(=O)(=O)c2ccc3c(c2)OCCO3)CC1. The molecule has 0 spiro atoms. The summed E-state index contributed by atoms with van der Waals surface area (Å²) in [7, 11) is -3.59. The maximum atomic E-state index is 13.0. The summed E-state index contributed by atoms with van der Waals surface area (Å²) in [6.07, 6.45) is 1.99. The third-order valence-corrected chi connectivity index (χ3v) is 7.02. The van der Waals surface area contributed by atoms with Crippen LogP contribution in [0.15, 0.2) is 23.1 Å². The zero-order valence-corrected chi connectivity index (χ0v) is 17.4. The van der Waals surface area contributed by atoms with Crippen LogP contribution in [0.3, 0.4) is 0 Å². The summed E-state index contributed by atoms with van der Waals surface area (Å²) in [5.74, 6) is 1.07. The van der Waals surface area contributed by atoms with Crippen LogP contribution in [0.25, 0.3) is 0 Å². The van der Waals surface area contributed by atoms with Gasteiger partial charge in [-0.2, -0.15) is 4.31 Å². The Morgan fingerprint density at radius 1 is 1.21 bits per heavy atom. The van der Waals surface area contributed by atoms with E-state index in [1.165, 1.54) is 10.4 Å². The molecule has 2 aliphatic heterocycles. The largest absolute Gasteiger partial charge is 0.486 e. The van der Waals surface area contributed by atoms with Crippen molar-refractivity contribution in [1.29, 1.82) is 0 Å². The van der Waals surface area contributed by atoms with E-state index in [4.69, 9.17) is 9.47 Å².